The van der Waals surface area contributed by atoms with Crippen molar-refractivity contribution in [1.29, 1.82) is 0 Å². The van der Waals surface area contributed by atoms with E-state index in [2.05, 4.69) is 20.1 Å². The van der Waals surface area contributed by atoms with Crippen molar-refractivity contribution in [3.05, 3.63) is 47.9 Å². The molecule has 88 valence electrons. The van der Waals surface area contributed by atoms with E-state index in [1.165, 1.54) is 6.20 Å². The average Bonchev–Trinajstić information content (AvgIpc) is 2.90. The van der Waals surface area contributed by atoms with Crippen LogP contribution in [0.15, 0.2) is 47.4 Å². The summed E-state index contributed by atoms with van der Waals surface area (Å²) in [5.41, 5.74) is 1.43. The molecule has 0 amide bonds. The molecule has 0 aliphatic rings. The predicted molar refractivity (Wildman–Crippen MR) is 65.8 cm³/mol. The van der Waals surface area contributed by atoms with Gasteiger partial charge in [-0.1, -0.05) is 16.8 Å². The lowest BCUT2D eigenvalue weighted by atomic mass is 10.2. The first kappa shape index (κ1) is 10.9. The Morgan fingerprint density at radius 2 is 1.89 bits per heavy atom. The SMILES string of the molecule is Clc1ccc(-c2nc(-c3ccncc3)no2)nc1. The molecule has 3 heterocycles. The molecule has 0 atom stereocenters. The van der Waals surface area contributed by atoms with E-state index < -0.39 is 0 Å². The number of nitrogens with zero attached hydrogens (tertiary/aromatic N) is 4. The van der Waals surface area contributed by atoms with E-state index in [1.807, 2.05) is 12.1 Å². The van der Waals surface area contributed by atoms with Gasteiger partial charge in [0.15, 0.2) is 0 Å². The third-order valence-corrected chi connectivity index (χ3v) is 2.53. The molecule has 0 saturated heterocycles. The standard InChI is InChI=1S/C12H7ClN4O/c13-9-1-2-10(15-7-9)12-16-11(17-18-12)8-3-5-14-6-4-8/h1-7H. The number of pyridine rings is 2. The van der Waals surface area contributed by atoms with Crippen LogP contribution in [0.3, 0.4) is 0 Å². The number of rotatable bonds is 2. The Kier molecular flexibility index (Phi) is 2.74. The lowest BCUT2D eigenvalue weighted by Crippen LogP contribution is -1.83. The van der Waals surface area contributed by atoms with E-state index in [1.54, 1.807) is 24.5 Å². The second-order valence-corrected chi connectivity index (χ2v) is 3.96. The molecule has 3 rings (SSSR count). The highest BCUT2D eigenvalue weighted by Crippen LogP contribution is 2.20. The molecule has 0 aromatic carbocycles. The second kappa shape index (κ2) is 4.54. The summed E-state index contributed by atoms with van der Waals surface area (Å²) < 4.78 is 5.16. The van der Waals surface area contributed by atoms with Crippen LogP contribution in [0.1, 0.15) is 0 Å². The van der Waals surface area contributed by atoms with Gasteiger partial charge in [-0.05, 0) is 24.3 Å². The third-order valence-electron chi connectivity index (χ3n) is 2.31. The molecule has 0 unspecified atom stereocenters. The Hall–Kier alpha value is -2.27. The first-order chi connectivity index (χ1) is 8.83. The topological polar surface area (TPSA) is 64.7 Å². The Balaban J connectivity index is 1.97. The lowest BCUT2D eigenvalue weighted by Gasteiger charge is -1.92. The molecule has 6 heteroatoms. The zero-order valence-electron chi connectivity index (χ0n) is 9.12. The van der Waals surface area contributed by atoms with Crippen LogP contribution in [0.25, 0.3) is 23.0 Å². The van der Waals surface area contributed by atoms with E-state index in [9.17, 15) is 0 Å². The number of aromatic nitrogens is 4. The molecule has 0 N–H and O–H groups in total. The van der Waals surface area contributed by atoms with Crippen LogP contribution in [0.5, 0.6) is 0 Å². The van der Waals surface area contributed by atoms with Gasteiger partial charge in [0.25, 0.3) is 5.89 Å². The summed E-state index contributed by atoms with van der Waals surface area (Å²) in [5.74, 6) is 0.864. The molecule has 3 aromatic rings. The molecule has 0 saturated carbocycles. The van der Waals surface area contributed by atoms with Gasteiger partial charge in [0.1, 0.15) is 5.69 Å². The summed E-state index contributed by atoms with van der Waals surface area (Å²) >= 11 is 5.76. The Bertz CT molecular complexity index is 651. The van der Waals surface area contributed by atoms with Gasteiger partial charge < -0.3 is 4.52 Å². The fourth-order valence-electron chi connectivity index (χ4n) is 1.45. The summed E-state index contributed by atoms with van der Waals surface area (Å²) in [5, 5.41) is 4.46. The van der Waals surface area contributed by atoms with E-state index in [0.717, 1.165) is 5.56 Å². The van der Waals surface area contributed by atoms with Gasteiger partial charge in [-0.15, -0.1) is 0 Å². The molecular formula is C12H7ClN4O. The Labute approximate surface area is 107 Å². The summed E-state index contributed by atoms with van der Waals surface area (Å²) in [6.45, 7) is 0. The molecule has 18 heavy (non-hydrogen) atoms. The van der Waals surface area contributed by atoms with Crippen LogP contribution in [0.2, 0.25) is 5.02 Å². The minimum atomic E-state index is 0.360. The number of hydrogen-bond donors (Lipinski definition) is 0. The van der Waals surface area contributed by atoms with Crippen molar-refractivity contribution < 1.29 is 4.52 Å². The van der Waals surface area contributed by atoms with E-state index in [-0.39, 0.29) is 0 Å². The van der Waals surface area contributed by atoms with Gasteiger partial charge in [-0.25, -0.2) is 4.98 Å². The fourth-order valence-corrected chi connectivity index (χ4v) is 1.56. The molecule has 5 nitrogen and oxygen atoms in total. The maximum Gasteiger partial charge on any atom is 0.276 e. The van der Waals surface area contributed by atoms with Crippen LogP contribution in [0, 0.1) is 0 Å². The zero-order valence-corrected chi connectivity index (χ0v) is 9.87. The minimum Gasteiger partial charge on any atom is -0.332 e. The van der Waals surface area contributed by atoms with Crippen molar-refractivity contribution in [3.8, 4) is 23.0 Å². The van der Waals surface area contributed by atoms with Crippen LogP contribution < -0.4 is 0 Å². The molecule has 0 spiro atoms. The maximum atomic E-state index is 5.76. The molecule has 0 aliphatic carbocycles. The van der Waals surface area contributed by atoms with Gasteiger partial charge in [-0.2, -0.15) is 4.98 Å². The summed E-state index contributed by atoms with van der Waals surface area (Å²) in [7, 11) is 0. The van der Waals surface area contributed by atoms with Crippen LogP contribution in [-0.2, 0) is 0 Å². The maximum absolute atomic E-state index is 5.76. The van der Waals surface area contributed by atoms with E-state index in [4.69, 9.17) is 16.1 Å². The summed E-state index contributed by atoms with van der Waals surface area (Å²) in [6, 6.07) is 7.07. The monoisotopic (exact) mass is 258 g/mol. The minimum absolute atomic E-state index is 0.360. The third kappa shape index (κ3) is 2.08. The molecule has 0 radical (unpaired) electrons. The highest BCUT2D eigenvalue weighted by Gasteiger charge is 2.11. The van der Waals surface area contributed by atoms with Crippen LogP contribution in [-0.4, -0.2) is 20.1 Å². The molecule has 0 bridgehead atoms. The largest absolute Gasteiger partial charge is 0.332 e. The highest BCUT2D eigenvalue weighted by atomic mass is 35.5. The zero-order chi connectivity index (χ0) is 12.4. The van der Waals surface area contributed by atoms with Crippen molar-refractivity contribution in [2.75, 3.05) is 0 Å². The van der Waals surface area contributed by atoms with Crippen LogP contribution in [0.4, 0.5) is 0 Å². The lowest BCUT2D eigenvalue weighted by molar-refractivity contribution is 0.431. The summed E-state index contributed by atoms with van der Waals surface area (Å²) in [4.78, 5) is 12.3. The molecule has 0 aliphatic heterocycles. The van der Waals surface area contributed by atoms with Gasteiger partial charge in [0.05, 0.1) is 5.02 Å². The number of halogens is 1. The molecule has 3 aromatic heterocycles. The van der Waals surface area contributed by atoms with Crippen LogP contribution >= 0.6 is 11.6 Å². The van der Waals surface area contributed by atoms with Crippen molar-refractivity contribution >= 4 is 11.6 Å². The first-order valence-electron chi connectivity index (χ1n) is 5.19. The predicted octanol–water partition coefficient (Wildman–Crippen LogP) is 2.85. The van der Waals surface area contributed by atoms with Gasteiger partial charge in [-0.3, -0.25) is 4.98 Å². The van der Waals surface area contributed by atoms with E-state index >= 15 is 0 Å². The molecule has 0 fully saturated rings. The second-order valence-electron chi connectivity index (χ2n) is 3.52. The Morgan fingerprint density at radius 1 is 1.06 bits per heavy atom. The highest BCUT2D eigenvalue weighted by molar-refractivity contribution is 6.30. The van der Waals surface area contributed by atoms with Crippen molar-refractivity contribution in [1.82, 2.24) is 20.1 Å². The normalized spacial score (nSPS) is 10.5. The van der Waals surface area contributed by atoms with E-state index in [0.29, 0.717) is 22.4 Å². The van der Waals surface area contributed by atoms with Crippen molar-refractivity contribution in [3.63, 3.8) is 0 Å². The molecular weight excluding hydrogens is 252 g/mol. The quantitative estimate of drug-likeness (QED) is 0.707. The summed E-state index contributed by atoms with van der Waals surface area (Å²) in [6.07, 6.45) is 4.88. The van der Waals surface area contributed by atoms with Crippen molar-refractivity contribution in [2.45, 2.75) is 0 Å². The van der Waals surface area contributed by atoms with Gasteiger partial charge in [0.2, 0.25) is 5.82 Å². The first-order valence-corrected chi connectivity index (χ1v) is 5.57. The fraction of sp³-hybridized carbons (Fsp3) is 0. The van der Waals surface area contributed by atoms with Crippen molar-refractivity contribution in [2.24, 2.45) is 0 Å². The average molecular weight is 259 g/mol. The number of hydrogen-bond acceptors (Lipinski definition) is 5. The van der Waals surface area contributed by atoms with Gasteiger partial charge >= 0.3 is 0 Å². The smallest absolute Gasteiger partial charge is 0.276 e. The van der Waals surface area contributed by atoms with Gasteiger partial charge in [0, 0.05) is 24.2 Å². The Morgan fingerprint density at radius 3 is 2.61 bits per heavy atom.